The lowest BCUT2D eigenvalue weighted by atomic mass is 10.1. The summed E-state index contributed by atoms with van der Waals surface area (Å²) >= 11 is 1.39. The average Bonchev–Trinajstić information content (AvgIpc) is 2.98. The highest BCUT2D eigenvalue weighted by Crippen LogP contribution is 2.36. The van der Waals surface area contributed by atoms with Gasteiger partial charge >= 0.3 is 0 Å². The number of hydrogen-bond acceptors (Lipinski definition) is 6. The second kappa shape index (κ2) is 10.0. The van der Waals surface area contributed by atoms with Crippen LogP contribution in [0, 0.1) is 0 Å². The van der Waals surface area contributed by atoms with Crippen LogP contribution in [0.2, 0.25) is 0 Å². The summed E-state index contributed by atoms with van der Waals surface area (Å²) in [5.74, 6) is 2.47. The second-order valence-electron chi connectivity index (χ2n) is 7.65. The zero-order valence-electron chi connectivity index (χ0n) is 17.1. The summed E-state index contributed by atoms with van der Waals surface area (Å²) in [4.78, 5) is 12.5. The number of thioether (sulfide) groups is 1. The van der Waals surface area contributed by atoms with E-state index in [0.717, 1.165) is 18.6 Å². The van der Waals surface area contributed by atoms with Crippen LogP contribution < -0.4 is 14.8 Å². The van der Waals surface area contributed by atoms with Crippen LogP contribution in [0.25, 0.3) is 0 Å². The maximum Gasteiger partial charge on any atom is 0.230 e. The summed E-state index contributed by atoms with van der Waals surface area (Å²) in [7, 11) is 0. The van der Waals surface area contributed by atoms with Crippen LogP contribution in [0.1, 0.15) is 50.5 Å². The fourth-order valence-corrected chi connectivity index (χ4v) is 4.68. The Morgan fingerprint density at radius 2 is 1.97 bits per heavy atom. The van der Waals surface area contributed by atoms with E-state index in [2.05, 4.69) is 22.1 Å². The minimum atomic E-state index is -0.360. The van der Waals surface area contributed by atoms with E-state index in [9.17, 15) is 4.79 Å². The molecule has 1 aromatic carbocycles. The summed E-state index contributed by atoms with van der Waals surface area (Å²) in [5, 5.41) is 12.5. The quantitative estimate of drug-likeness (QED) is 0.409. The van der Waals surface area contributed by atoms with Crippen molar-refractivity contribution in [2.45, 2.75) is 62.4 Å². The third-order valence-electron chi connectivity index (χ3n) is 5.41. The maximum absolute atomic E-state index is 12.5. The number of ether oxygens (including phenoxy) is 2. The number of amides is 1. The Labute approximate surface area is 181 Å². The van der Waals surface area contributed by atoms with E-state index in [-0.39, 0.29) is 12.0 Å². The number of nitrogens with one attached hydrogen (secondary N) is 1. The molecule has 1 N–H and O–H groups in total. The number of allylic oxidation sites excluding steroid dienone is 1. The number of carbonyl (C=O) groups excluding carboxylic acids is 1. The minimum absolute atomic E-state index is 0.0489. The van der Waals surface area contributed by atoms with Crippen molar-refractivity contribution < 1.29 is 14.3 Å². The van der Waals surface area contributed by atoms with E-state index < -0.39 is 0 Å². The number of carbonyl (C=O) groups is 1. The first-order chi connectivity index (χ1) is 14.7. The van der Waals surface area contributed by atoms with E-state index in [0.29, 0.717) is 41.7 Å². The number of rotatable bonds is 7. The number of hydrogen-bond donors (Lipinski definition) is 1. The lowest BCUT2D eigenvalue weighted by Crippen LogP contribution is -2.35. The molecular weight excluding hydrogens is 400 g/mol. The van der Waals surface area contributed by atoms with Gasteiger partial charge in [0.2, 0.25) is 5.91 Å². The highest BCUT2D eigenvalue weighted by Gasteiger charge is 2.28. The molecule has 2 heterocycles. The highest BCUT2D eigenvalue weighted by molar-refractivity contribution is 7.99. The molecule has 1 aliphatic carbocycles. The van der Waals surface area contributed by atoms with Crippen molar-refractivity contribution in [3.05, 3.63) is 42.7 Å². The lowest BCUT2D eigenvalue weighted by Gasteiger charge is -2.26. The molecule has 4 rings (SSSR count). The molecule has 30 heavy (non-hydrogen) atoms. The smallest absolute Gasteiger partial charge is 0.230 e. The number of para-hydroxylation sites is 2. The van der Waals surface area contributed by atoms with Crippen molar-refractivity contribution in [1.82, 2.24) is 20.1 Å². The zero-order chi connectivity index (χ0) is 20.8. The predicted octanol–water partition coefficient (Wildman–Crippen LogP) is 3.91. The molecule has 2 aromatic rings. The van der Waals surface area contributed by atoms with Gasteiger partial charge in [0, 0.05) is 12.6 Å². The molecule has 1 aliphatic heterocycles. The van der Waals surface area contributed by atoms with Crippen molar-refractivity contribution in [3.63, 3.8) is 0 Å². The standard InChI is InChI=1S/C22H28N4O3S/c1-2-13-26-21(19-14-28-17-11-7-8-12-18(17)29-19)24-25-22(26)30-15-20(27)23-16-9-5-3-4-6-10-16/h2,7-8,11-12,16,19H,1,3-6,9-10,13-15H2,(H,23,27). The van der Waals surface area contributed by atoms with Crippen molar-refractivity contribution in [1.29, 1.82) is 0 Å². The molecule has 0 bridgehead atoms. The molecule has 1 amide bonds. The SMILES string of the molecule is C=CCn1c(SCC(=O)NC2CCCCCC2)nnc1C1COc2ccccc2O1. The lowest BCUT2D eigenvalue weighted by molar-refractivity contribution is -0.119. The topological polar surface area (TPSA) is 78.3 Å². The van der Waals surface area contributed by atoms with Gasteiger partial charge in [0.25, 0.3) is 0 Å². The Kier molecular flexibility index (Phi) is 6.94. The first-order valence-electron chi connectivity index (χ1n) is 10.6. The predicted molar refractivity (Wildman–Crippen MR) is 116 cm³/mol. The third kappa shape index (κ3) is 4.98. The maximum atomic E-state index is 12.5. The van der Waals surface area contributed by atoms with Gasteiger partial charge in [-0.05, 0) is 25.0 Å². The Bertz CT molecular complexity index is 877. The molecule has 0 saturated heterocycles. The molecule has 1 unspecified atom stereocenters. The van der Waals surface area contributed by atoms with Crippen LogP contribution in [0.3, 0.4) is 0 Å². The van der Waals surface area contributed by atoms with Crippen LogP contribution >= 0.6 is 11.8 Å². The second-order valence-corrected chi connectivity index (χ2v) is 8.59. The average molecular weight is 429 g/mol. The van der Waals surface area contributed by atoms with E-state index in [1.807, 2.05) is 28.8 Å². The van der Waals surface area contributed by atoms with E-state index in [4.69, 9.17) is 9.47 Å². The molecule has 8 heteroatoms. The number of aromatic nitrogens is 3. The van der Waals surface area contributed by atoms with Crippen LogP contribution in [0.15, 0.2) is 42.1 Å². The molecular formula is C22H28N4O3S. The first-order valence-corrected chi connectivity index (χ1v) is 11.6. The highest BCUT2D eigenvalue weighted by atomic mass is 32.2. The third-order valence-corrected chi connectivity index (χ3v) is 6.37. The van der Waals surface area contributed by atoms with Crippen LogP contribution in [-0.4, -0.2) is 39.1 Å². The normalized spacial score (nSPS) is 19.1. The number of nitrogens with zero attached hydrogens (tertiary/aromatic N) is 3. The molecule has 0 spiro atoms. The van der Waals surface area contributed by atoms with Gasteiger partial charge in [-0.25, -0.2) is 0 Å². The first kappa shape index (κ1) is 20.8. The van der Waals surface area contributed by atoms with Gasteiger partial charge in [-0.3, -0.25) is 9.36 Å². The van der Waals surface area contributed by atoms with Crippen LogP contribution in [0.5, 0.6) is 11.5 Å². The van der Waals surface area contributed by atoms with E-state index >= 15 is 0 Å². The fraction of sp³-hybridized carbons (Fsp3) is 0.500. The largest absolute Gasteiger partial charge is 0.485 e. The number of fused-ring (bicyclic) bond motifs is 1. The van der Waals surface area contributed by atoms with Crippen molar-refractivity contribution in [3.8, 4) is 11.5 Å². The molecule has 1 fully saturated rings. The van der Waals surface area contributed by atoms with Gasteiger partial charge < -0.3 is 14.8 Å². The molecule has 2 aliphatic rings. The van der Waals surface area contributed by atoms with Gasteiger partial charge in [-0.2, -0.15) is 0 Å². The molecule has 7 nitrogen and oxygen atoms in total. The van der Waals surface area contributed by atoms with E-state index in [1.54, 1.807) is 6.08 Å². The molecule has 160 valence electrons. The Morgan fingerprint density at radius 3 is 2.73 bits per heavy atom. The molecule has 1 aromatic heterocycles. The van der Waals surface area contributed by atoms with Crippen molar-refractivity contribution >= 4 is 17.7 Å². The minimum Gasteiger partial charge on any atom is -0.485 e. The number of benzene rings is 1. The molecule has 1 atom stereocenters. The summed E-state index contributed by atoms with van der Waals surface area (Å²) < 4.78 is 13.9. The summed E-state index contributed by atoms with van der Waals surface area (Å²) in [5.41, 5.74) is 0. The Hall–Kier alpha value is -2.48. The monoisotopic (exact) mass is 428 g/mol. The summed E-state index contributed by atoms with van der Waals surface area (Å²) in [6.07, 6.45) is 8.52. The van der Waals surface area contributed by atoms with Crippen molar-refractivity contribution in [2.24, 2.45) is 0 Å². The molecule has 1 saturated carbocycles. The van der Waals surface area contributed by atoms with Gasteiger partial charge in [-0.1, -0.05) is 55.7 Å². The van der Waals surface area contributed by atoms with Crippen molar-refractivity contribution in [2.75, 3.05) is 12.4 Å². The Balaban J connectivity index is 1.40. The van der Waals surface area contributed by atoms with Gasteiger partial charge in [0.15, 0.2) is 28.6 Å². The van der Waals surface area contributed by atoms with Crippen LogP contribution in [-0.2, 0) is 11.3 Å². The van der Waals surface area contributed by atoms with Crippen LogP contribution in [0.4, 0.5) is 0 Å². The van der Waals surface area contributed by atoms with E-state index in [1.165, 1.54) is 37.4 Å². The fourth-order valence-electron chi connectivity index (χ4n) is 3.92. The van der Waals surface area contributed by atoms with Gasteiger partial charge in [0.1, 0.15) is 6.61 Å². The van der Waals surface area contributed by atoms with Gasteiger partial charge in [-0.15, -0.1) is 16.8 Å². The molecule has 0 radical (unpaired) electrons. The van der Waals surface area contributed by atoms with Gasteiger partial charge in [0.05, 0.1) is 5.75 Å². The summed E-state index contributed by atoms with van der Waals surface area (Å²) in [6, 6.07) is 7.89. The Morgan fingerprint density at radius 1 is 1.20 bits per heavy atom. The zero-order valence-corrected chi connectivity index (χ0v) is 17.9. The summed E-state index contributed by atoms with van der Waals surface area (Å²) in [6.45, 7) is 4.74.